The number of carboxylic acid groups (broad SMARTS) is 1. The zero-order chi connectivity index (χ0) is 25.2. The Morgan fingerprint density at radius 3 is 2.14 bits per heavy atom. The normalized spacial score (nSPS) is 19.8. The molecule has 1 heterocycles. The molecule has 2 aliphatic rings. The number of hydrogen-bond acceptors (Lipinski definition) is 7. The Hall–Kier alpha value is -3.88. The van der Waals surface area contributed by atoms with Crippen molar-refractivity contribution in [2.75, 3.05) is 34.5 Å². The molecular weight excluding hydrogens is 452 g/mol. The molecule has 0 amide bonds. The van der Waals surface area contributed by atoms with E-state index in [2.05, 4.69) is 0 Å². The molecule has 1 unspecified atom stereocenters. The van der Waals surface area contributed by atoms with Crippen LogP contribution in [0.25, 0.3) is 5.57 Å². The minimum absolute atomic E-state index is 0.133. The maximum Gasteiger partial charge on any atom is 0.335 e. The van der Waals surface area contributed by atoms with Gasteiger partial charge in [0.25, 0.3) is 0 Å². The van der Waals surface area contributed by atoms with Gasteiger partial charge in [-0.15, -0.1) is 0 Å². The number of benzene rings is 2. The molecule has 2 aromatic rings. The minimum atomic E-state index is -2.10. The number of allylic oxidation sites excluding steroid dienone is 2. The van der Waals surface area contributed by atoms with Crippen molar-refractivity contribution < 1.29 is 38.7 Å². The molecule has 35 heavy (non-hydrogen) atoms. The lowest BCUT2D eigenvalue weighted by Gasteiger charge is -2.37. The lowest BCUT2D eigenvalue weighted by molar-refractivity contribution is -0.135. The maximum atomic E-state index is 13.5. The first-order valence-electron chi connectivity index (χ1n) is 10.9. The molecule has 1 atom stereocenters. The van der Waals surface area contributed by atoms with Crippen LogP contribution in [0.4, 0.5) is 0 Å². The Kier molecular flexibility index (Phi) is 6.77. The van der Waals surface area contributed by atoms with Crippen LogP contribution in [-0.2, 0) is 19.9 Å². The Bertz CT molecular complexity index is 1230. The average molecular weight is 478 g/mol. The number of ketones is 1. The third kappa shape index (κ3) is 4.45. The highest BCUT2D eigenvalue weighted by atomic mass is 16.5. The Morgan fingerprint density at radius 2 is 1.63 bits per heavy atom. The zero-order valence-electron chi connectivity index (χ0n) is 19.7. The van der Waals surface area contributed by atoms with Crippen molar-refractivity contribution in [1.82, 2.24) is 0 Å². The van der Waals surface area contributed by atoms with E-state index in [0.717, 1.165) is 11.6 Å². The van der Waals surface area contributed by atoms with Crippen molar-refractivity contribution >= 4 is 17.3 Å². The standard InChI is InChI=1S/C27H26O8/c1-32-19-6-4-18(5-7-19)27(31)22(10-16-8-9-35-15-16)25(24(28)14-23(27)26(29)30)17-11-20(33-2)13-21(12-17)34-3/h4-8,11-14,31H,9-10,15H2,1-3H3,(H,29,30). The summed E-state index contributed by atoms with van der Waals surface area (Å²) in [4.78, 5) is 25.8. The number of methoxy groups -OCH3 is 3. The monoisotopic (exact) mass is 478 g/mol. The van der Waals surface area contributed by atoms with Gasteiger partial charge in [-0.05, 0) is 53.0 Å². The minimum Gasteiger partial charge on any atom is -0.497 e. The summed E-state index contributed by atoms with van der Waals surface area (Å²) in [5, 5.41) is 22.3. The summed E-state index contributed by atoms with van der Waals surface area (Å²) in [5.41, 5.74) is -0.548. The van der Waals surface area contributed by atoms with Crippen LogP contribution in [0.5, 0.6) is 17.2 Å². The lowest BCUT2D eigenvalue weighted by Crippen LogP contribution is -2.39. The van der Waals surface area contributed by atoms with Gasteiger partial charge < -0.3 is 29.2 Å². The number of hydrogen-bond donors (Lipinski definition) is 2. The van der Waals surface area contributed by atoms with Crippen molar-refractivity contribution in [2.24, 2.45) is 0 Å². The van der Waals surface area contributed by atoms with E-state index in [0.29, 0.717) is 41.6 Å². The predicted octanol–water partition coefficient (Wildman–Crippen LogP) is 3.29. The summed E-state index contributed by atoms with van der Waals surface area (Å²) in [7, 11) is 4.50. The van der Waals surface area contributed by atoms with E-state index in [-0.39, 0.29) is 17.6 Å². The number of aliphatic hydroxyl groups is 1. The fraction of sp³-hybridized carbons (Fsp3) is 0.259. The summed E-state index contributed by atoms with van der Waals surface area (Å²) in [6.45, 7) is 0.721. The van der Waals surface area contributed by atoms with Gasteiger partial charge in [0.2, 0.25) is 0 Å². The van der Waals surface area contributed by atoms with Gasteiger partial charge in [-0.25, -0.2) is 4.79 Å². The molecule has 4 rings (SSSR count). The van der Waals surface area contributed by atoms with Crippen LogP contribution >= 0.6 is 0 Å². The smallest absolute Gasteiger partial charge is 0.335 e. The van der Waals surface area contributed by atoms with Gasteiger partial charge in [-0.2, -0.15) is 0 Å². The number of ether oxygens (including phenoxy) is 4. The van der Waals surface area contributed by atoms with Crippen LogP contribution in [0.2, 0.25) is 0 Å². The highest BCUT2D eigenvalue weighted by molar-refractivity contribution is 6.30. The van der Waals surface area contributed by atoms with E-state index < -0.39 is 22.9 Å². The summed E-state index contributed by atoms with van der Waals surface area (Å²) in [6, 6.07) is 11.4. The van der Waals surface area contributed by atoms with Crippen LogP contribution in [-0.4, -0.2) is 56.5 Å². The highest BCUT2D eigenvalue weighted by Crippen LogP contribution is 2.48. The molecule has 2 N–H and O–H groups in total. The zero-order valence-corrected chi connectivity index (χ0v) is 19.7. The predicted molar refractivity (Wildman–Crippen MR) is 128 cm³/mol. The van der Waals surface area contributed by atoms with Gasteiger partial charge in [-0.1, -0.05) is 18.2 Å². The Labute approximate surface area is 202 Å². The molecule has 2 aromatic carbocycles. The largest absolute Gasteiger partial charge is 0.497 e. The van der Waals surface area contributed by atoms with E-state index in [4.69, 9.17) is 18.9 Å². The molecule has 8 heteroatoms. The van der Waals surface area contributed by atoms with Gasteiger partial charge in [-0.3, -0.25) is 4.79 Å². The van der Waals surface area contributed by atoms with Crippen LogP contribution in [0.15, 0.2) is 71.3 Å². The van der Waals surface area contributed by atoms with Crippen LogP contribution in [0, 0.1) is 0 Å². The summed E-state index contributed by atoms with van der Waals surface area (Å²) in [6.07, 6.45) is 2.99. The number of carbonyl (C=O) groups is 2. The van der Waals surface area contributed by atoms with Gasteiger partial charge in [0.05, 0.1) is 40.1 Å². The van der Waals surface area contributed by atoms with E-state index in [9.17, 15) is 19.8 Å². The maximum absolute atomic E-state index is 13.5. The second-order valence-corrected chi connectivity index (χ2v) is 8.18. The van der Waals surface area contributed by atoms with Gasteiger partial charge >= 0.3 is 5.97 Å². The summed E-state index contributed by atoms with van der Waals surface area (Å²) in [5.74, 6) is -0.495. The SMILES string of the molecule is COc1ccc(C2(O)C(C(=O)O)=CC(=O)C(c3cc(OC)cc(OC)c3)=C2CC2=CCOC2)cc1. The van der Waals surface area contributed by atoms with Gasteiger partial charge in [0.15, 0.2) is 5.78 Å². The van der Waals surface area contributed by atoms with Crippen molar-refractivity contribution in [3.05, 3.63) is 82.5 Å². The molecule has 0 fully saturated rings. The van der Waals surface area contributed by atoms with Crippen molar-refractivity contribution in [1.29, 1.82) is 0 Å². The van der Waals surface area contributed by atoms with Crippen molar-refractivity contribution in [3.8, 4) is 17.2 Å². The topological polar surface area (TPSA) is 112 Å². The first-order chi connectivity index (χ1) is 16.8. The molecule has 182 valence electrons. The molecule has 1 aliphatic carbocycles. The van der Waals surface area contributed by atoms with Crippen molar-refractivity contribution in [3.63, 3.8) is 0 Å². The molecule has 0 radical (unpaired) electrons. The molecule has 0 saturated heterocycles. The molecule has 0 aromatic heterocycles. The average Bonchev–Trinajstić information content (AvgIpc) is 3.39. The van der Waals surface area contributed by atoms with Crippen LogP contribution < -0.4 is 14.2 Å². The number of rotatable bonds is 8. The third-order valence-electron chi connectivity index (χ3n) is 6.21. The fourth-order valence-corrected chi connectivity index (χ4v) is 4.44. The second-order valence-electron chi connectivity index (χ2n) is 8.18. The third-order valence-corrected chi connectivity index (χ3v) is 6.21. The van der Waals surface area contributed by atoms with Crippen molar-refractivity contribution in [2.45, 2.75) is 12.0 Å². The van der Waals surface area contributed by atoms with E-state index in [1.807, 2.05) is 6.08 Å². The highest BCUT2D eigenvalue weighted by Gasteiger charge is 2.47. The quantitative estimate of drug-likeness (QED) is 0.556. The number of carboxylic acids is 1. The summed E-state index contributed by atoms with van der Waals surface area (Å²) >= 11 is 0. The molecule has 1 aliphatic heterocycles. The van der Waals surface area contributed by atoms with Gasteiger partial charge in [0, 0.05) is 17.7 Å². The van der Waals surface area contributed by atoms with Crippen LogP contribution in [0.1, 0.15) is 17.5 Å². The molecule has 8 nitrogen and oxygen atoms in total. The lowest BCUT2D eigenvalue weighted by atomic mass is 9.70. The summed E-state index contributed by atoms with van der Waals surface area (Å²) < 4.78 is 21.4. The molecular formula is C27H26O8. The Morgan fingerprint density at radius 1 is 1.00 bits per heavy atom. The van der Waals surface area contributed by atoms with E-state index in [1.54, 1.807) is 42.5 Å². The second kappa shape index (κ2) is 9.77. The number of carbonyl (C=O) groups excluding carboxylic acids is 1. The molecule has 0 spiro atoms. The fourth-order valence-electron chi connectivity index (χ4n) is 4.44. The van der Waals surface area contributed by atoms with Gasteiger partial charge in [0.1, 0.15) is 22.8 Å². The Balaban J connectivity index is 2.03. The van der Waals surface area contributed by atoms with E-state index >= 15 is 0 Å². The molecule has 0 saturated carbocycles. The number of aliphatic carboxylic acids is 1. The first kappa shape index (κ1) is 24.3. The molecule has 0 bridgehead atoms. The van der Waals surface area contributed by atoms with E-state index in [1.165, 1.54) is 21.3 Å². The first-order valence-corrected chi connectivity index (χ1v) is 10.9. The van der Waals surface area contributed by atoms with Crippen LogP contribution in [0.3, 0.4) is 0 Å².